The highest BCUT2D eigenvalue weighted by Gasteiger charge is 2.36. The third-order valence-electron chi connectivity index (χ3n) is 8.82. The fourth-order valence-corrected chi connectivity index (χ4v) is 5.06. The molecule has 0 atom stereocenters. The molecule has 0 saturated carbocycles. The van der Waals surface area contributed by atoms with Gasteiger partial charge in [0.25, 0.3) is 0 Å². The van der Waals surface area contributed by atoms with E-state index in [1.807, 2.05) is 0 Å². The van der Waals surface area contributed by atoms with Crippen molar-refractivity contribution in [1.82, 2.24) is 0 Å². The fourth-order valence-electron chi connectivity index (χ4n) is 5.06. The average molecular weight is 795 g/mol. The number of aryl methyl sites for hydroxylation is 3. The van der Waals surface area contributed by atoms with Gasteiger partial charge in [0.05, 0.1) is 22.1 Å². The zero-order valence-corrected chi connectivity index (χ0v) is 32.7. The van der Waals surface area contributed by atoms with Gasteiger partial charge < -0.3 is 14.2 Å². The first-order chi connectivity index (χ1) is 27.5. The van der Waals surface area contributed by atoms with E-state index in [1.165, 1.54) is 36.4 Å². The van der Waals surface area contributed by atoms with Crippen LogP contribution >= 0.6 is 0 Å². The van der Waals surface area contributed by atoms with Crippen molar-refractivity contribution in [1.29, 1.82) is 0 Å². The highest BCUT2D eigenvalue weighted by molar-refractivity contribution is 5.90. The summed E-state index contributed by atoms with van der Waals surface area (Å²) in [5, 5.41) is 0. The molecular formula is C42H50O15. The predicted molar refractivity (Wildman–Crippen MR) is 201 cm³/mol. The Morgan fingerprint density at radius 3 is 0.895 bits per heavy atom. The molecule has 0 aliphatic heterocycles. The molecule has 0 saturated heterocycles. The highest BCUT2D eigenvalue weighted by atomic mass is 17.2. The average Bonchev–Trinajstić information content (AvgIpc) is 3.24. The van der Waals surface area contributed by atoms with Gasteiger partial charge in [0, 0.05) is 0 Å². The zero-order chi connectivity index (χ0) is 41.5. The van der Waals surface area contributed by atoms with E-state index in [0.717, 1.165) is 74.5 Å². The molecule has 0 bridgehead atoms. The van der Waals surface area contributed by atoms with Crippen molar-refractivity contribution in [2.75, 3.05) is 19.8 Å². The van der Waals surface area contributed by atoms with Gasteiger partial charge in [-0.2, -0.15) is 14.4 Å². The molecule has 3 aromatic carbocycles. The van der Waals surface area contributed by atoms with Gasteiger partial charge in [0.2, 0.25) is 0 Å². The van der Waals surface area contributed by atoms with Crippen LogP contribution in [0.15, 0.2) is 72.8 Å². The lowest BCUT2D eigenvalue weighted by atomic mass is 9.88. The van der Waals surface area contributed by atoms with Crippen LogP contribution in [-0.4, -0.2) is 56.2 Å². The standard InChI is InChI=1S/C42H50O15/c1-5-9-12-30-15-21-33(22-16-30)36(43)52-55-39(46)49-27-42(8-4,28-50-40(47)56-53-37(44)34-23-17-31(18-24-34)13-10-6-2)29-51-41(48)57-54-38(45)35-25-19-32(20-26-35)14-11-7-3/h15-26H,5-14,27-29H2,1-4H3. The highest BCUT2D eigenvalue weighted by Crippen LogP contribution is 2.25. The van der Waals surface area contributed by atoms with E-state index in [9.17, 15) is 28.8 Å². The van der Waals surface area contributed by atoms with E-state index in [-0.39, 0.29) is 23.1 Å². The van der Waals surface area contributed by atoms with Crippen LogP contribution in [0.3, 0.4) is 0 Å². The number of hydrogen-bond acceptors (Lipinski definition) is 15. The second-order valence-electron chi connectivity index (χ2n) is 13.2. The van der Waals surface area contributed by atoms with Gasteiger partial charge in [0.15, 0.2) is 0 Å². The van der Waals surface area contributed by atoms with Gasteiger partial charge >= 0.3 is 36.4 Å². The molecule has 0 radical (unpaired) electrons. The molecule has 0 N–H and O–H groups in total. The summed E-state index contributed by atoms with van der Waals surface area (Å²) in [5.41, 5.74) is 1.94. The summed E-state index contributed by atoms with van der Waals surface area (Å²) in [6, 6.07) is 19.7. The van der Waals surface area contributed by atoms with E-state index in [2.05, 4.69) is 50.1 Å². The predicted octanol–water partition coefficient (Wildman–Crippen LogP) is 9.19. The Balaban J connectivity index is 1.58. The third kappa shape index (κ3) is 16.3. The van der Waals surface area contributed by atoms with Crippen molar-refractivity contribution in [2.45, 2.75) is 91.9 Å². The Morgan fingerprint density at radius 2 is 0.667 bits per heavy atom. The van der Waals surface area contributed by atoms with Gasteiger partial charge in [0.1, 0.15) is 19.8 Å². The first-order valence-electron chi connectivity index (χ1n) is 18.9. The molecule has 0 spiro atoms. The number of ether oxygens (including phenoxy) is 3. The Labute approximate surface area is 331 Å². The van der Waals surface area contributed by atoms with Gasteiger partial charge in [-0.25, -0.2) is 43.7 Å². The van der Waals surface area contributed by atoms with Crippen LogP contribution in [0, 0.1) is 5.41 Å². The Morgan fingerprint density at radius 1 is 0.404 bits per heavy atom. The summed E-state index contributed by atoms with van der Waals surface area (Å²) in [7, 11) is 0. The van der Waals surface area contributed by atoms with E-state index >= 15 is 0 Å². The van der Waals surface area contributed by atoms with Gasteiger partial charge in [-0.1, -0.05) is 83.4 Å². The quantitative estimate of drug-likeness (QED) is 0.0483. The minimum absolute atomic E-state index is 0.0132. The minimum atomic E-state index is -1.51. The van der Waals surface area contributed by atoms with Gasteiger partial charge in [-0.3, -0.25) is 0 Å². The van der Waals surface area contributed by atoms with Crippen LogP contribution < -0.4 is 0 Å². The molecule has 57 heavy (non-hydrogen) atoms. The maximum Gasteiger partial charge on any atom is 0.549 e. The lowest BCUT2D eigenvalue weighted by Gasteiger charge is -2.29. The number of rotatable bonds is 19. The molecule has 0 unspecified atom stereocenters. The van der Waals surface area contributed by atoms with Crippen LogP contribution in [0.5, 0.6) is 0 Å². The van der Waals surface area contributed by atoms with Crippen molar-refractivity contribution in [2.24, 2.45) is 5.41 Å². The van der Waals surface area contributed by atoms with E-state index in [1.54, 1.807) is 43.3 Å². The number of unbranched alkanes of at least 4 members (excludes halogenated alkanes) is 3. The number of carbonyl (C=O) groups excluding carboxylic acids is 6. The number of benzene rings is 3. The van der Waals surface area contributed by atoms with Crippen LogP contribution in [0.1, 0.15) is 120 Å². The summed E-state index contributed by atoms with van der Waals surface area (Å²) in [5.74, 6) is -2.88. The summed E-state index contributed by atoms with van der Waals surface area (Å²) in [6.45, 7) is 5.87. The van der Waals surface area contributed by atoms with Crippen LogP contribution in [-0.2, 0) is 62.8 Å². The van der Waals surface area contributed by atoms with Crippen molar-refractivity contribution < 1.29 is 72.3 Å². The minimum Gasteiger partial charge on any atom is -0.431 e. The first-order valence-corrected chi connectivity index (χ1v) is 18.9. The van der Waals surface area contributed by atoms with Crippen molar-refractivity contribution in [3.05, 3.63) is 106 Å². The molecule has 0 aliphatic rings. The van der Waals surface area contributed by atoms with E-state index < -0.39 is 61.6 Å². The molecule has 0 amide bonds. The van der Waals surface area contributed by atoms with E-state index in [4.69, 9.17) is 14.2 Å². The molecule has 0 aromatic heterocycles. The molecule has 3 rings (SSSR count). The molecule has 3 aromatic rings. The molecule has 15 nitrogen and oxygen atoms in total. The van der Waals surface area contributed by atoms with Gasteiger partial charge in [-0.05, 0) is 98.0 Å². The van der Waals surface area contributed by atoms with Crippen LogP contribution in [0.4, 0.5) is 14.4 Å². The molecule has 308 valence electrons. The smallest absolute Gasteiger partial charge is 0.431 e. The van der Waals surface area contributed by atoms with E-state index in [0.29, 0.717) is 0 Å². The lowest BCUT2D eigenvalue weighted by molar-refractivity contribution is -0.217. The Kier molecular flexibility index (Phi) is 19.4. The summed E-state index contributed by atoms with van der Waals surface area (Å²) in [6.07, 6.45) is 4.19. The second kappa shape index (κ2) is 24.4. The number of hydrogen-bond donors (Lipinski definition) is 0. The molecule has 0 aliphatic carbocycles. The van der Waals surface area contributed by atoms with Crippen LogP contribution in [0.2, 0.25) is 0 Å². The monoisotopic (exact) mass is 794 g/mol. The topological polar surface area (TPSA) is 185 Å². The zero-order valence-electron chi connectivity index (χ0n) is 32.7. The SMILES string of the molecule is CCCCc1ccc(C(=O)OOC(=O)OCC(CC)(COC(=O)OOC(=O)c2ccc(CCCC)cc2)COC(=O)OOC(=O)c2ccc(CCCC)cc2)cc1. The van der Waals surface area contributed by atoms with Crippen molar-refractivity contribution >= 4 is 36.4 Å². The lowest BCUT2D eigenvalue weighted by Crippen LogP contribution is -2.39. The molecule has 0 fully saturated rings. The molecule has 15 heteroatoms. The maximum atomic E-state index is 12.5. The Hall–Kier alpha value is -6.12. The molecule has 0 heterocycles. The fraction of sp³-hybridized carbons (Fsp3) is 0.429. The van der Waals surface area contributed by atoms with Crippen molar-refractivity contribution in [3.8, 4) is 0 Å². The summed E-state index contributed by atoms with van der Waals surface area (Å²) in [4.78, 5) is 102. The normalized spacial score (nSPS) is 10.7. The van der Waals surface area contributed by atoms with Crippen molar-refractivity contribution in [3.63, 3.8) is 0 Å². The van der Waals surface area contributed by atoms with Gasteiger partial charge in [-0.15, -0.1) is 0 Å². The molecular weight excluding hydrogens is 744 g/mol. The number of carbonyl (C=O) groups is 6. The van der Waals surface area contributed by atoms with Crippen LogP contribution in [0.25, 0.3) is 0 Å². The Bertz CT molecular complexity index is 1530. The summed E-state index contributed by atoms with van der Waals surface area (Å²) < 4.78 is 15.4. The maximum absolute atomic E-state index is 12.5. The second-order valence-corrected chi connectivity index (χ2v) is 13.2. The summed E-state index contributed by atoms with van der Waals surface area (Å²) >= 11 is 0. The largest absolute Gasteiger partial charge is 0.549 e. The third-order valence-corrected chi connectivity index (χ3v) is 8.82. The first kappa shape index (κ1) is 45.3.